The van der Waals surface area contributed by atoms with Gasteiger partial charge in [0.15, 0.2) is 0 Å². The van der Waals surface area contributed by atoms with Crippen molar-refractivity contribution >= 4 is 35.8 Å². The van der Waals surface area contributed by atoms with Gasteiger partial charge in [0.05, 0.1) is 12.5 Å². The molecule has 140 valence electrons. The lowest BCUT2D eigenvalue weighted by atomic mass is 10.2. The Hall–Kier alpha value is -3.64. The summed E-state index contributed by atoms with van der Waals surface area (Å²) < 4.78 is 10.3. The molecule has 3 rings (SSSR count). The topological polar surface area (TPSA) is 80.9 Å². The molecule has 0 atom stereocenters. The van der Waals surface area contributed by atoms with Crippen molar-refractivity contribution in [3.8, 4) is 5.75 Å². The number of rotatable bonds is 6. The van der Waals surface area contributed by atoms with Crippen LogP contribution in [0.4, 0.5) is 0 Å². The van der Waals surface area contributed by atoms with Gasteiger partial charge in [-0.25, -0.2) is 10.2 Å². The van der Waals surface area contributed by atoms with Crippen LogP contribution in [-0.4, -0.2) is 18.1 Å². The fraction of sp³-hybridized carbons (Fsp3) is 0. The average molecular weight is 395 g/mol. The lowest BCUT2D eigenvalue weighted by Gasteiger charge is -2.02. The van der Waals surface area contributed by atoms with Crippen LogP contribution >= 0.6 is 11.6 Å². The summed E-state index contributed by atoms with van der Waals surface area (Å²) >= 11 is 5.79. The Morgan fingerprint density at radius 1 is 1.07 bits per heavy atom. The number of furan rings is 1. The molecule has 6 nitrogen and oxygen atoms in total. The number of hydrogen-bond donors (Lipinski definition) is 1. The van der Waals surface area contributed by atoms with E-state index in [4.69, 9.17) is 20.8 Å². The molecular weight excluding hydrogens is 380 g/mol. The molecule has 0 fully saturated rings. The number of carbonyl (C=O) groups is 2. The van der Waals surface area contributed by atoms with Crippen molar-refractivity contribution in [1.29, 1.82) is 0 Å². The summed E-state index contributed by atoms with van der Waals surface area (Å²) in [6.45, 7) is 0. The molecule has 0 aliphatic carbocycles. The first-order valence-corrected chi connectivity index (χ1v) is 8.60. The van der Waals surface area contributed by atoms with E-state index in [-0.39, 0.29) is 5.91 Å². The van der Waals surface area contributed by atoms with E-state index in [1.807, 2.05) is 0 Å². The van der Waals surface area contributed by atoms with E-state index in [0.717, 1.165) is 0 Å². The van der Waals surface area contributed by atoms with Crippen LogP contribution in [0.5, 0.6) is 5.75 Å². The number of ether oxygens (including phenoxy) is 1. The van der Waals surface area contributed by atoms with Gasteiger partial charge >= 0.3 is 5.97 Å². The van der Waals surface area contributed by atoms with Gasteiger partial charge in [0, 0.05) is 16.7 Å². The third kappa shape index (κ3) is 5.69. The van der Waals surface area contributed by atoms with Gasteiger partial charge in [0.2, 0.25) is 0 Å². The highest BCUT2D eigenvalue weighted by Crippen LogP contribution is 2.13. The minimum atomic E-state index is -0.540. The summed E-state index contributed by atoms with van der Waals surface area (Å²) in [5.74, 6) is -0.00331. The first kappa shape index (κ1) is 19.1. The molecule has 0 saturated heterocycles. The quantitative estimate of drug-likeness (QED) is 0.222. The van der Waals surface area contributed by atoms with E-state index >= 15 is 0 Å². The second-order valence-electron chi connectivity index (χ2n) is 5.55. The fourth-order valence-corrected chi connectivity index (χ4v) is 2.30. The number of nitrogens with zero attached hydrogens (tertiary/aromatic N) is 1. The summed E-state index contributed by atoms with van der Waals surface area (Å²) in [5.41, 5.74) is 3.51. The van der Waals surface area contributed by atoms with Gasteiger partial charge in [-0.1, -0.05) is 23.7 Å². The Balaban J connectivity index is 1.56. The van der Waals surface area contributed by atoms with E-state index in [9.17, 15) is 9.59 Å². The third-order valence-electron chi connectivity index (χ3n) is 3.49. The number of amides is 1. The zero-order valence-electron chi connectivity index (χ0n) is 14.5. The molecule has 7 heteroatoms. The van der Waals surface area contributed by atoms with Crippen molar-refractivity contribution in [3.63, 3.8) is 0 Å². The largest absolute Gasteiger partial charge is 0.465 e. The number of hydrogen-bond acceptors (Lipinski definition) is 5. The van der Waals surface area contributed by atoms with E-state index in [0.29, 0.717) is 27.7 Å². The monoisotopic (exact) mass is 394 g/mol. The van der Waals surface area contributed by atoms with Gasteiger partial charge in [-0.2, -0.15) is 5.10 Å². The van der Waals surface area contributed by atoms with Gasteiger partial charge in [-0.05, 0) is 60.2 Å². The predicted octanol–water partition coefficient (Wildman–Crippen LogP) is 4.32. The van der Waals surface area contributed by atoms with E-state index in [1.165, 1.54) is 24.6 Å². The molecule has 0 radical (unpaired) electrons. The maximum absolute atomic E-state index is 12.0. The maximum atomic E-state index is 12.0. The highest BCUT2D eigenvalue weighted by Gasteiger charge is 2.04. The van der Waals surface area contributed by atoms with Crippen LogP contribution in [0.1, 0.15) is 21.7 Å². The SMILES string of the molecule is O=C(/C=C/c1ccco1)Oc1cccc(/C=N\NC(=O)c2ccc(Cl)cc2)c1. The van der Waals surface area contributed by atoms with Crippen LogP contribution in [0, 0.1) is 0 Å². The Morgan fingerprint density at radius 2 is 1.89 bits per heavy atom. The van der Waals surface area contributed by atoms with E-state index < -0.39 is 5.97 Å². The number of nitrogens with one attached hydrogen (secondary N) is 1. The minimum Gasteiger partial charge on any atom is -0.465 e. The van der Waals surface area contributed by atoms with Crippen molar-refractivity contribution in [3.05, 3.63) is 94.9 Å². The number of carbonyl (C=O) groups excluding carboxylic acids is 2. The molecule has 28 heavy (non-hydrogen) atoms. The third-order valence-corrected chi connectivity index (χ3v) is 3.74. The normalized spacial score (nSPS) is 11.0. The Bertz CT molecular complexity index is 1010. The van der Waals surface area contributed by atoms with Crippen LogP contribution in [0.3, 0.4) is 0 Å². The van der Waals surface area contributed by atoms with E-state index in [1.54, 1.807) is 60.7 Å². The van der Waals surface area contributed by atoms with Crippen molar-refractivity contribution in [2.45, 2.75) is 0 Å². The van der Waals surface area contributed by atoms with Crippen LogP contribution < -0.4 is 10.2 Å². The number of benzene rings is 2. The fourth-order valence-electron chi connectivity index (χ4n) is 2.18. The van der Waals surface area contributed by atoms with Crippen molar-refractivity contribution in [2.75, 3.05) is 0 Å². The smallest absolute Gasteiger partial charge is 0.336 e. The molecule has 0 bridgehead atoms. The van der Waals surface area contributed by atoms with E-state index in [2.05, 4.69) is 10.5 Å². The molecule has 1 N–H and O–H groups in total. The molecule has 3 aromatic rings. The summed E-state index contributed by atoms with van der Waals surface area (Å²) in [4.78, 5) is 23.8. The molecule has 0 saturated carbocycles. The van der Waals surface area contributed by atoms with Gasteiger partial charge in [0.1, 0.15) is 11.5 Å². The van der Waals surface area contributed by atoms with Crippen molar-refractivity contribution < 1.29 is 18.7 Å². The first-order valence-electron chi connectivity index (χ1n) is 8.22. The van der Waals surface area contributed by atoms with Crippen molar-refractivity contribution in [1.82, 2.24) is 5.43 Å². The van der Waals surface area contributed by atoms with Crippen LogP contribution in [0.25, 0.3) is 6.08 Å². The second-order valence-corrected chi connectivity index (χ2v) is 5.98. The second kappa shape index (κ2) is 9.34. The summed E-state index contributed by atoms with van der Waals surface area (Å²) in [6.07, 6.45) is 5.75. The molecule has 1 aromatic heterocycles. The average Bonchev–Trinajstić information content (AvgIpc) is 3.21. The molecule has 2 aromatic carbocycles. The molecule has 0 unspecified atom stereocenters. The molecular formula is C21H15ClN2O4. The number of halogens is 1. The van der Waals surface area contributed by atoms with Crippen LogP contribution in [-0.2, 0) is 4.79 Å². The highest BCUT2D eigenvalue weighted by molar-refractivity contribution is 6.30. The maximum Gasteiger partial charge on any atom is 0.336 e. The minimum absolute atomic E-state index is 0.349. The predicted molar refractivity (Wildman–Crippen MR) is 106 cm³/mol. The van der Waals surface area contributed by atoms with Gasteiger partial charge in [0.25, 0.3) is 5.91 Å². The zero-order valence-corrected chi connectivity index (χ0v) is 15.3. The summed E-state index contributed by atoms with van der Waals surface area (Å²) in [5, 5.41) is 4.45. The molecule has 0 aliphatic heterocycles. The Morgan fingerprint density at radius 3 is 2.64 bits per heavy atom. The molecule has 0 aliphatic rings. The molecule has 1 amide bonds. The Labute approximate surface area is 166 Å². The Kier molecular flexibility index (Phi) is 6.38. The van der Waals surface area contributed by atoms with Crippen molar-refractivity contribution in [2.24, 2.45) is 5.10 Å². The lowest BCUT2D eigenvalue weighted by molar-refractivity contribution is -0.128. The lowest BCUT2D eigenvalue weighted by Crippen LogP contribution is -2.17. The standard InChI is InChI=1S/C21H15ClN2O4/c22-17-8-6-16(7-9-17)21(26)24-23-14-15-3-1-4-19(13-15)28-20(25)11-10-18-5-2-12-27-18/h1-14H,(H,24,26)/b11-10+,23-14-. The number of esters is 1. The zero-order chi connectivity index (χ0) is 19.8. The van der Waals surface area contributed by atoms with Gasteiger partial charge in [-0.3, -0.25) is 4.79 Å². The molecule has 1 heterocycles. The molecule has 0 spiro atoms. The first-order chi connectivity index (χ1) is 13.6. The summed E-state index contributed by atoms with van der Waals surface area (Å²) in [7, 11) is 0. The van der Waals surface area contributed by atoms with Gasteiger partial charge in [-0.15, -0.1) is 0 Å². The highest BCUT2D eigenvalue weighted by atomic mass is 35.5. The van der Waals surface area contributed by atoms with Gasteiger partial charge < -0.3 is 9.15 Å². The van der Waals surface area contributed by atoms with Crippen LogP contribution in [0.15, 0.2) is 82.5 Å². The summed E-state index contributed by atoms with van der Waals surface area (Å²) in [6, 6.07) is 16.6. The number of hydrazone groups is 1. The van der Waals surface area contributed by atoms with Crippen LogP contribution in [0.2, 0.25) is 5.02 Å².